The number of hydrogen-bond donors (Lipinski definition) is 1. The number of nitrogens with zero attached hydrogens (tertiary/aromatic N) is 2. The average molecular weight is 672 g/mol. The predicted molar refractivity (Wildman–Crippen MR) is 170 cm³/mol. The summed E-state index contributed by atoms with van der Waals surface area (Å²) in [7, 11) is 1.45. The Hall–Kier alpha value is -3.82. The molecule has 3 aliphatic carbocycles. The molecule has 0 aromatic heterocycles. The molecule has 5 aliphatic rings. The van der Waals surface area contributed by atoms with Crippen LogP contribution in [0.1, 0.15) is 49.7 Å². The van der Waals surface area contributed by atoms with Gasteiger partial charge in [0.25, 0.3) is 0 Å². The molecule has 4 atom stereocenters. The van der Waals surface area contributed by atoms with E-state index in [4.69, 9.17) is 4.74 Å². The van der Waals surface area contributed by atoms with Crippen LogP contribution in [0, 0.1) is 17.8 Å². The number of likely N-dealkylation sites (tertiary alicyclic amines) is 2. The van der Waals surface area contributed by atoms with E-state index in [2.05, 4.69) is 33.0 Å². The summed E-state index contributed by atoms with van der Waals surface area (Å²) in [6.45, 7) is 4.05. The largest absolute Gasteiger partial charge is 0.504 e. The first-order chi connectivity index (χ1) is 21.7. The molecule has 45 heavy (non-hydrogen) atoms. The summed E-state index contributed by atoms with van der Waals surface area (Å²) >= 11 is 3.50. The molecule has 1 N–H and O–H groups in total. The Morgan fingerprint density at radius 1 is 1.00 bits per heavy atom. The normalized spacial score (nSPS) is 27.2. The number of rotatable bonds is 5. The van der Waals surface area contributed by atoms with E-state index in [1.807, 2.05) is 24.3 Å². The molecule has 0 unspecified atom stereocenters. The summed E-state index contributed by atoms with van der Waals surface area (Å²) in [5.41, 5.74) is 3.53. The lowest BCUT2D eigenvalue weighted by Crippen LogP contribution is -2.47. The number of halogens is 1. The van der Waals surface area contributed by atoms with Crippen LogP contribution in [-0.4, -0.2) is 64.5 Å². The fraction of sp³-hybridized carbons (Fsp3) is 0.389. The highest BCUT2D eigenvalue weighted by molar-refractivity contribution is 9.10. The number of piperidine rings is 1. The van der Waals surface area contributed by atoms with Gasteiger partial charge < -0.3 is 9.84 Å². The van der Waals surface area contributed by atoms with Crippen molar-refractivity contribution in [2.24, 2.45) is 17.8 Å². The second-order valence-corrected chi connectivity index (χ2v) is 13.7. The fourth-order valence-electron chi connectivity index (χ4n) is 8.27. The molecular formula is C36H35BrN2O6. The summed E-state index contributed by atoms with van der Waals surface area (Å²) in [5.74, 6) is -3.02. The Labute approximate surface area is 270 Å². The van der Waals surface area contributed by atoms with Crippen molar-refractivity contribution >= 4 is 39.3 Å². The summed E-state index contributed by atoms with van der Waals surface area (Å²) < 4.78 is 6.07. The summed E-state index contributed by atoms with van der Waals surface area (Å²) in [5, 5.41) is 11.3. The number of phenols is 1. The number of hydrogen-bond acceptors (Lipinski definition) is 7. The maximum atomic E-state index is 14.3. The van der Waals surface area contributed by atoms with E-state index in [0.717, 1.165) is 38.0 Å². The standard InChI is InChI=1S/C36H35BrN2O6/c1-19-14-28(40)32-27(33(19)41)17-25-23(30(32)26-15-21(37)16-29(45-2)34(26)42)8-9-24-31(25)36(44)39(35(24)43)22-10-12-38(13-11-22)18-20-6-4-3-5-7-20/h3-8,14-16,22,24-25,30-31,42H,9-13,17-18H2,1-2H3/t24-,25+,30+,31-/m0/s1. The third-order valence-electron chi connectivity index (χ3n) is 10.4. The molecule has 0 radical (unpaired) electrons. The number of carbonyl (C=O) groups excluding carboxylic acids is 4. The van der Waals surface area contributed by atoms with Crippen LogP contribution in [0.5, 0.6) is 11.5 Å². The lowest BCUT2D eigenvalue weighted by Gasteiger charge is -2.42. The Balaban J connectivity index is 1.21. The zero-order chi connectivity index (χ0) is 31.6. The Kier molecular flexibility index (Phi) is 7.64. The van der Waals surface area contributed by atoms with Crippen molar-refractivity contribution in [3.8, 4) is 11.5 Å². The molecule has 0 saturated carbocycles. The van der Waals surface area contributed by atoms with Crippen LogP contribution in [0.3, 0.4) is 0 Å². The van der Waals surface area contributed by atoms with Crippen LogP contribution >= 0.6 is 15.9 Å². The fourth-order valence-corrected chi connectivity index (χ4v) is 8.72. The number of aromatic hydroxyl groups is 1. The maximum absolute atomic E-state index is 14.3. The Bertz CT molecular complexity index is 1720. The lowest BCUT2D eigenvalue weighted by molar-refractivity contribution is -0.144. The van der Waals surface area contributed by atoms with Crippen molar-refractivity contribution in [3.05, 3.63) is 92.5 Å². The van der Waals surface area contributed by atoms with E-state index < -0.39 is 23.7 Å². The van der Waals surface area contributed by atoms with Crippen LogP contribution in [-0.2, 0) is 25.7 Å². The molecule has 2 aromatic rings. The number of benzene rings is 2. The number of ether oxygens (including phenoxy) is 1. The van der Waals surface area contributed by atoms with Gasteiger partial charge in [0.05, 0.1) is 18.9 Å². The van der Waals surface area contributed by atoms with Crippen molar-refractivity contribution in [1.29, 1.82) is 0 Å². The molecule has 2 heterocycles. The second kappa shape index (κ2) is 11.5. The number of methoxy groups -OCH3 is 1. The van der Waals surface area contributed by atoms with Gasteiger partial charge in [0.1, 0.15) is 0 Å². The molecule has 2 aliphatic heterocycles. The van der Waals surface area contributed by atoms with Crippen LogP contribution in [0.4, 0.5) is 0 Å². The molecular weight excluding hydrogens is 636 g/mol. The number of imide groups is 1. The van der Waals surface area contributed by atoms with Crippen molar-refractivity contribution in [2.45, 2.75) is 51.1 Å². The SMILES string of the molecule is COc1cc(Br)cc([C@H]2C3=CC[C@@H]4C(=O)N(C5CCN(Cc6ccccc6)CC5)C(=O)[C@@H]4[C@@H]3CC3=C2C(=O)C=C(C)C3=O)c1O. The summed E-state index contributed by atoms with van der Waals surface area (Å²) in [4.78, 5) is 59.3. The Morgan fingerprint density at radius 2 is 1.73 bits per heavy atom. The average Bonchev–Trinajstić information content (AvgIpc) is 3.30. The molecule has 7 rings (SSSR count). The van der Waals surface area contributed by atoms with E-state index in [0.29, 0.717) is 33.2 Å². The van der Waals surface area contributed by atoms with Gasteiger partial charge in [-0.15, -0.1) is 0 Å². The highest BCUT2D eigenvalue weighted by Gasteiger charge is 2.57. The van der Waals surface area contributed by atoms with E-state index in [-0.39, 0.29) is 47.3 Å². The third-order valence-corrected chi connectivity index (χ3v) is 10.8. The van der Waals surface area contributed by atoms with Gasteiger partial charge in [-0.05, 0) is 62.3 Å². The number of Topliss-reactive ketones (excluding diaryl/α,β-unsaturated/α-hetero) is 1. The van der Waals surface area contributed by atoms with Gasteiger partial charge in [-0.3, -0.25) is 29.0 Å². The lowest BCUT2D eigenvalue weighted by atomic mass is 9.59. The third kappa shape index (κ3) is 4.91. The first-order valence-corrected chi connectivity index (χ1v) is 16.4. The zero-order valence-electron chi connectivity index (χ0n) is 25.3. The van der Waals surface area contributed by atoms with Gasteiger partial charge in [0, 0.05) is 58.3 Å². The van der Waals surface area contributed by atoms with E-state index >= 15 is 0 Å². The first-order valence-electron chi connectivity index (χ1n) is 15.6. The highest BCUT2D eigenvalue weighted by Crippen LogP contribution is 2.57. The van der Waals surface area contributed by atoms with Gasteiger partial charge in [0.15, 0.2) is 23.1 Å². The molecule has 8 nitrogen and oxygen atoms in total. The Morgan fingerprint density at radius 3 is 2.44 bits per heavy atom. The number of carbonyl (C=O) groups is 4. The van der Waals surface area contributed by atoms with Gasteiger partial charge in [-0.1, -0.05) is 57.9 Å². The van der Waals surface area contributed by atoms with Crippen LogP contribution in [0.15, 0.2) is 81.4 Å². The maximum Gasteiger partial charge on any atom is 0.233 e. The molecule has 2 fully saturated rings. The van der Waals surface area contributed by atoms with Gasteiger partial charge in [-0.25, -0.2) is 0 Å². The molecule has 232 valence electrons. The number of amides is 2. The van der Waals surface area contributed by atoms with Gasteiger partial charge >= 0.3 is 0 Å². The van der Waals surface area contributed by atoms with Crippen molar-refractivity contribution in [1.82, 2.24) is 9.80 Å². The minimum Gasteiger partial charge on any atom is -0.504 e. The molecule has 2 saturated heterocycles. The zero-order valence-corrected chi connectivity index (χ0v) is 26.9. The topological polar surface area (TPSA) is 104 Å². The molecule has 2 aromatic carbocycles. The smallest absolute Gasteiger partial charge is 0.233 e. The first kappa shape index (κ1) is 29.9. The highest BCUT2D eigenvalue weighted by atomic mass is 79.9. The number of ketones is 2. The summed E-state index contributed by atoms with van der Waals surface area (Å²) in [6.07, 6.45) is 5.36. The van der Waals surface area contributed by atoms with Gasteiger partial charge in [-0.2, -0.15) is 0 Å². The van der Waals surface area contributed by atoms with Crippen molar-refractivity contribution < 1.29 is 29.0 Å². The van der Waals surface area contributed by atoms with E-state index in [9.17, 15) is 24.3 Å². The monoisotopic (exact) mass is 670 g/mol. The van der Waals surface area contributed by atoms with Crippen molar-refractivity contribution in [3.63, 3.8) is 0 Å². The predicted octanol–water partition coefficient (Wildman–Crippen LogP) is 5.26. The number of phenolic OH excluding ortho intramolecular Hbond substituents is 1. The second-order valence-electron chi connectivity index (χ2n) is 12.8. The molecule has 0 bridgehead atoms. The molecule has 9 heteroatoms. The van der Waals surface area contributed by atoms with Crippen LogP contribution < -0.4 is 4.74 Å². The van der Waals surface area contributed by atoms with E-state index in [1.54, 1.807) is 19.1 Å². The number of allylic oxidation sites excluding steroid dienone is 6. The van der Waals surface area contributed by atoms with E-state index in [1.165, 1.54) is 23.6 Å². The van der Waals surface area contributed by atoms with Crippen LogP contribution in [0.2, 0.25) is 0 Å². The quantitative estimate of drug-likeness (QED) is 0.263. The minimum atomic E-state index is -0.745. The summed E-state index contributed by atoms with van der Waals surface area (Å²) in [6, 6.07) is 13.5. The molecule has 2 amide bonds. The van der Waals surface area contributed by atoms with Crippen molar-refractivity contribution in [2.75, 3.05) is 20.2 Å². The van der Waals surface area contributed by atoms with Crippen LogP contribution in [0.25, 0.3) is 0 Å². The molecule has 0 spiro atoms. The number of fused-ring (bicyclic) bond motifs is 3. The van der Waals surface area contributed by atoms with Gasteiger partial charge in [0.2, 0.25) is 11.8 Å². The minimum absolute atomic E-state index is 0.120.